The quantitative estimate of drug-likeness (QED) is 0.600. The first kappa shape index (κ1) is 20.1. The molecule has 0 unspecified atom stereocenters. The Hall–Kier alpha value is -2.62. The van der Waals surface area contributed by atoms with Gasteiger partial charge >= 0.3 is 0 Å². The van der Waals surface area contributed by atoms with Crippen LogP contribution < -0.4 is 10.0 Å². The van der Waals surface area contributed by atoms with E-state index in [9.17, 15) is 13.2 Å². The van der Waals surface area contributed by atoms with Crippen molar-refractivity contribution in [3.05, 3.63) is 70.8 Å². The second kappa shape index (κ2) is 8.17. The number of rotatable bonds is 6. The van der Waals surface area contributed by atoms with E-state index in [0.29, 0.717) is 5.56 Å². The fourth-order valence-electron chi connectivity index (χ4n) is 2.66. The lowest BCUT2D eigenvalue weighted by Gasteiger charge is -2.15. The molecule has 2 N–H and O–H groups in total. The van der Waals surface area contributed by atoms with Crippen LogP contribution in [0.4, 0.5) is 5.13 Å². The van der Waals surface area contributed by atoms with Crippen molar-refractivity contribution in [2.75, 3.05) is 5.32 Å². The zero-order valence-electron chi connectivity index (χ0n) is 15.6. The zero-order valence-corrected chi connectivity index (χ0v) is 17.3. The van der Waals surface area contributed by atoms with Gasteiger partial charge in [-0.1, -0.05) is 53.3 Å². The minimum Gasteiger partial charge on any atom is -0.296 e. The van der Waals surface area contributed by atoms with Crippen LogP contribution >= 0.6 is 11.3 Å². The first-order chi connectivity index (χ1) is 13.3. The predicted molar refractivity (Wildman–Crippen MR) is 109 cm³/mol. The summed E-state index contributed by atoms with van der Waals surface area (Å²) < 4.78 is 27.6. The summed E-state index contributed by atoms with van der Waals surface area (Å²) in [5.41, 5.74) is 3.36. The molecule has 0 radical (unpaired) electrons. The average molecular weight is 417 g/mol. The third-order valence-electron chi connectivity index (χ3n) is 4.16. The molecular weight excluding hydrogens is 396 g/mol. The minimum absolute atomic E-state index is 0.120. The van der Waals surface area contributed by atoms with E-state index < -0.39 is 16.1 Å². The number of hydrogen-bond donors (Lipinski definition) is 2. The Kier molecular flexibility index (Phi) is 5.87. The lowest BCUT2D eigenvalue weighted by molar-refractivity contribution is 0.102. The van der Waals surface area contributed by atoms with Crippen LogP contribution in [0.3, 0.4) is 0 Å². The van der Waals surface area contributed by atoms with Crippen molar-refractivity contribution in [1.29, 1.82) is 0 Å². The van der Waals surface area contributed by atoms with Crippen molar-refractivity contribution < 1.29 is 13.2 Å². The number of hydrogen-bond acceptors (Lipinski definition) is 6. The number of amides is 1. The molecule has 146 valence electrons. The molecule has 2 aromatic carbocycles. The van der Waals surface area contributed by atoms with Crippen LogP contribution in [0.1, 0.15) is 40.0 Å². The number of nitrogens with one attached hydrogen (secondary N) is 2. The Morgan fingerprint density at radius 2 is 1.71 bits per heavy atom. The minimum atomic E-state index is -3.87. The fourth-order valence-corrected chi connectivity index (χ4v) is 4.80. The van der Waals surface area contributed by atoms with Crippen molar-refractivity contribution >= 4 is 32.4 Å². The summed E-state index contributed by atoms with van der Waals surface area (Å²) in [5.74, 6) is -0.374. The summed E-state index contributed by atoms with van der Waals surface area (Å²) in [6, 6.07) is 14.1. The SMILES string of the molecule is Cc1ccc(C(=O)Nc2nnc(S(=O)(=O)N[C@H](C)c3ccccc3C)s2)cc1. The van der Waals surface area contributed by atoms with E-state index >= 15 is 0 Å². The lowest BCUT2D eigenvalue weighted by atomic mass is 10.0. The fraction of sp³-hybridized carbons (Fsp3) is 0.211. The highest BCUT2D eigenvalue weighted by Gasteiger charge is 2.24. The average Bonchev–Trinajstić information content (AvgIpc) is 3.11. The van der Waals surface area contributed by atoms with Crippen molar-refractivity contribution in [2.45, 2.75) is 31.2 Å². The van der Waals surface area contributed by atoms with Gasteiger partial charge in [-0.15, -0.1) is 10.2 Å². The molecule has 0 saturated heterocycles. The molecule has 3 aromatic rings. The molecule has 0 bridgehead atoms. The van der Waals surface area contributed by atoms with Gasteiger partial charge in [-0.05, 0) is 44.0 Å². The monoisotopic (exact) mass is 416 g/mol. The highest BCUT2D eigenvalue weighted by molar-refractivity contribution is 7.91. The van der Waals surface area contributed by atoms with E-state index in [1.54, 1.807) is 19.1 Å². The van der Waals surface area contributed by atoms with Crippen LogP contribution in [0.15, 0.2) is 52.9 Å². The normalized spacial score (nSPS) is 12.5. The number of anilines is 1. The van der Waals surface area contributed by atoms with Gasteiger partial charge in [0.25, 0.3) is 15.9 Å². The van der Waals surface area contributed by atoms with Crippen LogP contribution in [0, 0.1) is 13.8 Å². The molecule has 28 heavy (non-hydrogen) atoms. The number of carbonyl (C=O) groups excluding carboxylic acids is 1. The Bertz CT molecular complexity index is 1090. The third kappa shape index (κ3) is 4.61. The maximum Gasteiger partial charge on any atom is 0.270 e. The number of nitrogens with zero attached hydrogens (tertiary/aromatic N) is 2. The van der Waals surface area contributed by atoms with Crippen LogP contribution in [0.25, 0.3) is 0 Å². The molecule has 0 saturated carbocycles. The van der Waals surface area contributed by atoms with Gasteiger partial charge in [0.15, 0.2) is 0 Å². The van der Waals surface area contributed by atoms with Gasteiger partial charge in [0, 0.05) is 11.6 Å². The summed E-state index contributed by atoms with van der Waals surface area (Å²) >= 11 is 0.803. The van der Waals surface area contributed by atoms with Crippen molar-refractivity contribution in [3.63, 3.8) is 0 Å². The summed E-state index contributed by atoms with van der Waals surface area (Å²) in [6.45, 7) is 5.61. The predicted octanol–water partition coefficient (Wildman–Crippen LogP) is 3.45. The van der Waals surface area contributed by atoms with Crippen molar-refractivity contribution in [3.8, 4) is 0 Å². The summed E-state index contributed by atoms with van der Waals surface area (Å²) in [7, 11) is -3.87. The van der Waals surface area contributed by atoms with Gasteiger partial charge < -0.3 is 0 Å². The number of carbonyl (C=O) groups is 1. The molecule has 0 spiro atoms. The molecular formula is C19H20N4O3S2. The molecule has 1 amide bonds. The van der Waals surface area contributed by atoms with Gasteiger partial charge in [-0.2, -0.15) is 0 Å². The maximum atomic E-state index is 12.6. The Balaban J connectivity index is 1.72. The Morgan fingerprint density at radius 3 is 2.39 bits per heavy atom. The molecule has 1 aromatic heterocycles. The molecule has 0 aliphatic rings. The van der Waals surface area contributed by atoms with Gasteiger partial charge in [0.05, 0.1) is 0 Å². The molecule has 9 heteroatoms. The first-order valence-electron chi connectivity index (χ1n) is 8.55. The third-order valence-corrected chi connectivity index (χ3v) is 6.90. The van der Waals surface area contributed by atoms with Crippen LogP contribution in [-0.4, -0.2) is 24.5 Å². The Labute approximate surface area is 167 Å². The molecule has 1 heterocycles. The Morgan fingerprint density at radius 1 is 1.04 bits per heavy atom. The summed E-state index contributed by atoms with van der Waals surface area (Å²) in [5, 5.41) is 10.2. The van der Waals surface area contributed by atoms with Gasteiger partial charge in [0.2, 0.25) is 9.47 Å². The van der Waals surface area contributed by atoms with E-state index in [4.69, 9.17) is 0 Å². The van der Waals surface area contributed by atoms with E-state index in [0.717, 1.165) is 28.0 Å². The van der Waals surface area contributed by atoms with Crippen LogP contribution in [0.5, 0.6) is 0 Å². The molecule has 0 aliphatic heterocycles. The number of benzene rings is 2. The van der Waals surface area contributed by atoms with Gasteiger partial charge in [-0.25, -0.2) is 13.1 Å². The largest absolute Gasteiger partial charge is 0.296 e. The molecule has 0 fully saturated rings. The lowest BCUT2D eigenvalue weighted by Crippen LogP contribution is -2.27. The molecule has 0 aliphatic carbocycles. The second-order valence-corrected chi connectivity index (χ2v) is 9.26. The van der Waals surface area contributed by atoms with E-state index in [1.165, 1.54) is 0 Å². The maximum absolute atomic E-state index is 12.6. The number of aryl methyl sites for hydroxylation is 2. The molecule has 7 nitrogen and oxygen atoms in total. The summed E-state index contributed by atoms with van der Waals surface area (Å²) in [4.78, 5) is 12.2. The topological polar surface area (TPSA) is 101 Å². The number of aromatic nitrogens is 2. The number of sulfonamides is 1. The van der Waals surface area contributed by atoms with Gasteiger partial charge in [0.1, 0.15) is 0 Å². The second-order valence-electron chi connectivity index (χ2n) is 6.39. The molecule has 1 atom stereocenters. The molecule has 3 rings (SSSR count). The first-order valence-corrected chi connectivity index (χ1v) is 10.9. The highest BCUT2D eigenvalue weighted by Crippen LogP contribution is 2.24. The smallest absolute Gasteiger partial charge is 0.270 e. The van der Waals surface area contributed by atoms with Crippen LogP contribution in [-0.2, 0) is 10.0 Å². The van der Waals surface area contributed by atoms with Gasteiger partial charge in [-0.3, -0.25) is 10.1 Å². The zero-order chi connectivity index (χ0) is 20.3. The van der Waals surface area contributed by atoms with Crippen molar-refractivity contribution in [2.24, 2.45) is 0 Å². The van der Waals surface area contributed by atoms with E-state index in [1.807, 2.05) is 50.2 Å². The van der Waals surface area contributed by atoms with Crippen molar-refractivity contribution in [1.82, 2.24) is 14.9 Å². The standard InChI is InChI=1S/C19H20N4O3S2/c1-12-8-10-15(11-9-12)17(24)20-18-21-22-19(27-18)28(25,26)23-14(3)16-7-5-4-6-13(16)2/h4-11,14,23H,1-3H3,(H,20,21,24)/t14-/m1/s1. The summed E-state index contributed by atoms with van der Waals surface area (Å²) in [6.07, 6.45) is 0. The van der Waals surface area contributed by atoms with E-state index in [-0.39, 0.29) is 15.4 Å². The van der Waals surface area contributed by atoms with Crippen LogP contribution in [0.2, 0.25) is 0 Å². The highest BCUT2D eigenvalue weighted by atomic mass is 32.2. The van der Waals surface area contributed by atoms with E-state index in [2.05, 4.69) is 20.2 Å².